The molecule has 9 heteroatoms. The number of carbonyl (C=O) groups excluding carboxylic acids is 3. The van der Waals surface area contributed by atoms with Crippen LogP contribution in [0.25, 0.3) is 5.69 Å². The van der Waals surface area contributed by atoms with Crippen molar-refractivity contribution in [3.63, 3.8) is 0 Å². The largest absolute Gasteiger partial charge is 0.320 e. The highest BCUT2D eigenvalue weighted by Crippen LogP contribution is 2.26. The molecule has 3 amide bonds. The van der Waals surface area contributed by atoms with Crippen LogP contribution in [0.2, 0.25) is 0 Å². The van der Waals surface area contributed by atoms with E-state index in [9.17, 15) is 19.2 Å². The van der Waals surface area contributed by atoms with Crippen molar-refractivity contribution in [1.29, 1.82) is 0 Å². The van der Waals surface area contributed by atoms with Crippen molar-refractivity contribution >= 4 is 39.3 Å². The van der Waals surface area contributed by atoms with Crippen LogP contribution in [0.15, 0.2) is 57.8 Å². The topological polar surface area (TPSA) is 93.4 Å². The van der Waals surface area contributed by atoms with Crippen LogP contribution in [0.1, 0.15) is 32.8 Å². The van der Waals surface area contributed by atoms with Crippen LogP contribution in [0.3, 0.4) is 0 Å². The maximum atomic E-state index is 12.9. The summed E-state index contributed by atoms with van der Waals surface area (Å²) in [6, 6.07) is 14.0. The Kier molecular flexibility index (Phi) is 5.36. The average molecular weight is 483 g/mol. The third-order valence-corrected chi connectivity index (χ3v) is 5.81. The highest BCUT2D eigenvalue weighted by atomic mass is 79.9. The Bertz CT molecular complexity index is 1280. The normalized spacial score (nSPS) is 12.9. The van der Waals surface area contributed by atoms with Crippen molar-refractivity contribution in [3.8, 4) is 5.69 Å². The minimum absolute atomic E-state index is 0.0748. The molecule has 3 aromatic rings. The molecule has 0 bridgehead atoms. The first kappa shape index (κ1) is 20.8. The summed E-state index contributed by atoms with van der Waals surface area (Å²) in [5.41, 5.74) is 1.71. The van der Waals surface area contributed by atoms with Gasteiger partial charge in [0, 0.05) is 24.5 Å². The van der Waals surface area contributed by atoms with E-state index in [-0.39, 0.29) is 24.2 Å². The van der Waals surface area contributed by atoms with E-state index in [2.05, 4.69) is 21.2 Å². The van der Waals surface area contributed by atoms with Gasteiger partial charge in [0.05, 0.1) is 22.5 Å². The number of rotatable bonds is 5. The van der Waals surface area contributed by atoms with Crippen LogP contribution in [-0.4, -0.2) is 38.5 Å². The number of aromatic nitrogens is 2. The lowest BCUT2D eigenvalue weighted by molar-refractivity contribution is -0.116. The molecular formula is C22H19BrN4O4. The number of benzene rings is 2. The van der Waals surface area contributed by atoms with Crippen LogP contribution >= 0.6 is 15.9 Å². The lowest BCUT2D eigenvalue weighted by Gasteiger charge is -2.13. The molecule has 4 rings (SSSR count). The van der Waals surface area contributed by atoms with Crippen molar-refractivity contribution in [3.05, 3.63) is 80.2 Å². The maximum Gasteiger partial charge on any atom is 0.295 e. The number of nitrogens with one attached hydrogen (secondary N) is 1. The Morgan fingerprint density at radius 3 is 2.39 bits per heavy atom. The fraction of sp³-hybridized carbons (Fsp3) is 0.182. The third-order valence-electron chi connectivity index (χ3n) is 5.31. The molecule has 2 heterocycles. The number of para-hydroxylation sites is 1. The molecule has 0 aliphatic carbocycles. The number of amides is 3. The smallest absolute Gasteiger partial charge is 0.295 e. The molecule has 31 heavy (non-hydrogen) atoms. The molecule has 0 fully saturated rings. The summed E-state index contributed by atoms with van der Waals surface area (Å²) in [6.45, 7) is 1.66. The molecule has 0 spiro atoms. The Hall–Kier alpha value is -3.46. The zero-order valence-electron chi connectivity index (χ0n) is 16.9. The molecule has 2 aromatic carbocycles. The molecule has 1 aliphatic heterocycles. The van der Waals surface area contributed by atoms with E-state index in [1.54, 1.807) is 49.0 Å². The van der Waals surface area contributed by atoms with Crippen LogP contribution in [0, 0.1) is 6.92 Å². The second-order valence-corrected chi connectivity index (χ2v) is 8.10. The minimum Gasteiger partial charge on any atom is -0.320 e. The number of halogens is 1. The fourth-order valence-electron chi connectivity index (χ4n) is 3.59. The van der Waals surface area contributed by atoms with Gasteiger partial charge in [0.15, 0.2) is 0 Å². The Morgan fingerprint density at radius 2 is 1.68 bits per heavy atom. The Balaban J connectivity index is 1.49. The highest BCUT2D eigenvalue weighted by Gasteiger charge is 2.35. The molecule has 0 radical (unpaired) electrons. The van der Waals surface area contributed by atoms with Gasteiger partial charge in [-0.05, 0) is 37.3 Å². The van der Waals surface area contributed by atoms with Crippen molar-refractivity contribution in [2.75, 3.05) is 11.9 Å². The zero-order chi connectivity index (χ0) is 22.3. The van der Waals surface area contributed by atoms with Crippen molar-refractivity contribution < 1.29 is 14.4 Å². The highest BCUT2D eigenvalue weighted by molar-refractivity contribution is 9.10. The number of imide groups is 1. The number of carbonyl (C=O) groups is 3. The third kappa shape index (κ3) is 3.61. The van der Waals surface area contributed by atoms with Gasteiger partial charge in [-0.15, -0.1) is 0 Å². The van der Waals surface area contributed by atoms with E-state index in [0.717, 1.165) is 4.90 Å². The molecular weight excluding hydrogens is 464 g/mol. The SMILES string of the molecule is Cc1c(NC(=O)CCN2C(=O)c3ccc(Br)cc3C2=O)c(=O)n(-c2ccccc2)n1C. The van der Waals surface area contributed by atoms with E-state index in [0.29, 0.717) is 27.0 Å². The van der Waals surface area contributed by atoms with Crippen molar-refractivity contribution in [2.45, 2.75) is 13.3 Å². The molecule has 0 atom stereocenters. The zero-order valence-corrected chi connectivity index (χ0v) is 18.5. The van der Waals surface area contributed by atoms with E-state index in [1.165, 1.54) is 4.68 Å². The fourth-order valence-corrected chi connectivity index (χ4v) is 3.95. The summed E-state index contributed by atoms with van der Waals surface area (Å²) in [6.07, 6.45) is -0.119. The maximum absolute atomic E-state index is 12.9. The van der Waals surface area contributed by atoms with Gasteiger partial charge in [0.25, 0.3) is 17.4 Å². The summed E-state index contributed by atoms with van der Waals surface area (Å²) >= 11 is 3.29. The Labute approximate surface area is 186 Å². The molecule has 158 valence electrons. The summed E-state index contributed by atoms with van der Waals surface area (Å²) in [5, 5.41) is 2.64. The first-order chi connectivity index (χ1) is 14.8. The summed E-state index contributed by atoms with van der Waals surface area (Å²) in [4.78, 5) is 51.5. The number of hydrogen-bond acceptors (Lipinski definition) is 4. The second kappa shape index (κ2) is 7.99. The quantitative estimate of drug-likeness (QED) is 0.565. The predicted molar refractivity (Wildman–Crippen MR) is 119 cm³/mol. The van der Waals surface area contributed by atoms with Gasteiger partial charge in [-0.2, -0.15) is 0 Å². The summed E-state index contributed by atoms with van der Waals surface area (Å²) < 4.78 is 3.82. The van der Waals surface area contributed by atoms with Crippen LogP contribution < -0.4 is 10.9 Å². The molecule has 0 saturated carbocycles. The summed E-state index contributed by atoms with van der Waals surface area (Å²) in [5.74, 6) is -1.32. The monoisotopic (exact) mass is 482 g/mol. The molecule has 0 unspecified atom stereocenters. The number of hydrogen-bond donors (Lipinski definition) is 1. The van der Waals surface area contributed by atoms with Gasteiger partial charge in [-0.3, -0.25) is 28.8 Å². The van der Waals surface area contributed by atoms with Gasteiger partial charge in [0.2, 0.25) is 5.91 Å². The van der Waals surface area contributed by atoms with Gasteiger partial charge >= 0.3 is 0 Å². The molecule has 0 saturated heterocycles. The molecule has 1 N–H and O–H groups in total. The van der Waals surface area contributed by atoms with E-state index >= 15 is 0 Å². The van der Waals surface area contributed by atoms with E-state index in [1.807, 2.05) is 18.2 Å². The van der Waals surface area contributed by atoms with Crippen molar-refractivity contribution in [1.82, 2.24) is 14.3 Å². The van der Waals surface area contributed by atoms with E-state index < -0.39 is 17.7 Å². The van der Waals surface area contributed by atoms with Gasteiger partial charge in [-0.25, -0.2) is 4.68 Å². The average Bonchev–Trinajstić information content (AvgIpc) is 3.11. The van der Waals surface area contributed by atoms with Crippen molar-refractivity contribution in [2.24, 2.45) is 7.05 Å². The van der Waals surface area contributed by atoms with Crippen LogP contribution in [0.4, 0.5) is 5.69 Å². The standard InChI is InChI=1S/C22H19BrN4O4/c1-13-19(22(31)27(25(13)2)15-6-4-3-5-7-15)24-18(28)10-11-26-20(29)16-9-8-14(23)12-17(16)21(26)30/h3-9,12H,10-11H2,1-2H3,(H,24,28). The molecule has 8 nitrogen and oxygen atoms in total. The predicted octanol–water partition coefficient (Wildman–Crippen LogP) is 2.87. The number of anilines is 1. The number of nitrogens with zero attached hydrogens (tertiary/aromatic N) is 3. The lowest BCUT2D eigenvalue weighted by Crippen LogP contribution is -2.33. The van der Waals surface area contributed by atoms with Crippen LogP contribution in [0.5, 0.6) is 0 Å². The number of fused-ring (bicyclic) bond motifs is 1. The van der Waals surface area contributed by atoms with Gasteiger partial charge in [0.1, 0.15) is 5.69 Å². The summed E-state index contributed by atoms with van der Waals surface area (Å²) in [7, 11) is 1.73. The second-order valence-electron chi connectivity index (χ2n) is 7.19. The lowest BCUT2D eigenvalue weighted by atomic mass is 10.1. The molecule has 1 aromatic heterocycles. The Morgan fingerprint density at radius 1 is 1.00 bits per heavy atom. The molecule has 1 aliphatic rings. The van der Waals surface area contributed by atoms with Gasteiger partial charge in [-0.1, -0.05) is 34.1 Å². The minimum atomic E-state index is -0.455. The van der Waals surface area contributed by atoms with Crippen LogP contribution in [-0.2, 0) is 11.8 Å². The first-order valence-electron chi connectivity index (χ1n) is 9.59. The first-order valence-corrected chi connectivity index (χ1v) is 10.4. The van der Waals surface area contributed by atoms with Gasteiger partial charge < -0.3 is 5.32 Å². The van der Waals surface area contributed by atoms with E-state index in [4.69, 9.17) is 0 Å².